The van der Waals surface area contributed by atoms with E-state index in [2.05, 4.69) is 46.6 Å². The largest absolute Gasteiger partial charge is 0.300 e. The van der Waals surface area contributed by atoms with Gasteiger partial charge in [-0.05, 0) is 22.9 Å². The lowest BCUT2D eigenvalue weighted by Gasteiger charge is -1.98. The molecule has 0 fully saturated rings. The van der Waals surface area contributed by atoms with E-state index >= 15 is 0 Å². The second-order valence-electron chi connectivity index (χ2n) is 3.76. The number of fused-ring (bicyclic) bond motifs is 2. The molecule has 0 radical (unpaired) electrons. The van der Waals surface area contributed by atoms with Crippen molar-refractivity contribution in [3.8, 4) is 0 Å². The van der Waals surface area contributed by atoms with E-state index in [4.69, 9.17) is 0 Å². The molecule has 16 heavy (non-hydrogen) atoms. The fraction of sp³-hybridized carbons (Fsp3) is 0. The minimum Gasteiger partial charge on any atom is -0.300 e. The summed E-state index contributed by atoms with van der Waals surface area (Å²) in [6.45, 7) is 0. The maximum absolute atomic E-state index is 3.22. The zero-order valence-electron chi connectivity index (χ0n) is 8.77. The molecule has 2 N–H and O–H groups in total. The Labute approximate surface area is 93.2 Å². The van der Waals surface area contributed by atoms with Crippen LogP contribution in [-0.4, -0.2) is 10.2 Å². The van der Waals surface area contributed by atoms with Gasteiger partial charge in [0.05, 0.1) is 11.0 Å². The molecule has 2 heteroatoms. The highest BCUT2D eigenvalue weighted by Crippen LogP contribution is 2.12. The average molecular weight is 208 g/mol. The molecule has 3 aromatic rings. The molecule has 0 saturated carbocycles. The van der Waals surface area contributed by atoms with Gasteiger partial charge in [0, 0.05) is 0 Å². The van der Waals surface area contributed by atoms with Gasteiger partial charge in [-0.1, -0.05) is 48.5 Å². The standard InChI is InChI=1S/C14H12N2/c1-3-7-13-11(5-1)9-10-12-6-2-4-8-14(12)16-15-13/h1-10,15-16H. The first-order valence-corrected chi connectivity index (χ1v) is 5.32. The Morgan fingerprint density at radius 3 is 1.44 bits per heavy atom. The van der Waals surface area contributed by atoms with E-state index in [0.717, 1.165) is 11.0 Å². The first-order chi connectivity index (χ1) is 7.93. The van der Waals surface area contributed by atoms with Crippen molar-refractivity contribution >= 4 is 21.8 Å². The summed E-state index contributed by atoms with van der Waals surface area (Å²) in [6.07, 6.45) is 0. The summed E-state index contributed by atoms with van der Waals surface area (Å²) >= 11 is 0. The summed E-state index contributed by atoms with van der Waals surface area (Å²) in [4.78, 5) is 0. The van der Waals surface area contributed by atoms with Crippen molar-refractivity contribution in [2.45, 2.75) is 0 Å². The molecular weight excluding hydrogens is 196 g/mol. The molecule has 0 spiro atoms. The second-order valence-corrected chi connectivity index (χ2v) is 3.76. The summed E-state index contributed by atoms with van der Waals surface area (Å²) < 4.78 is 0. The van der Waals surface area contributed by atoms with Crippen molar-refractivity contribution in [2.75, 3.05) is 0 Å². The van der Waals surface area contributed by atoms with E-state index < -0.39 is 0 Å². The molecule has 1 heterocycles. The van der Waals surface area contributed by atoms with Crippen molar-refractivity contribution in [1.82, 2.24) is 10.2 Å². The fourth-order valence-electron chi connectivity index (χ4n) is 1.83. The highest BCUT2D eigenvalue weighted by Gasteiger charge is 1.90. The van der Waals surface area contributed by atoms with E-state index in [0.29, 0.717) is 0 Å². The Morgan fingerprint density at radius 2 is 0.938 bits per heavy atom. The third-order valence-electron chi connectivity index (χ3n) is 2.70. The number of H-pyrrole nitrogens is 2. The van der Waals surface area contributed by atoms with Crippen LogP contribution in [0.5, 0.6) is 0 Å². The Morgan fingerprint density at radius 1 is 0.500 bits per heavy atom. The highest BCUT2D eigenvalue weighted by atomic mass is 15.1. The predicted octanol–water partition coefficient (Wildman–Crippen LogP) is 3.77. The van der Waals surface area contributed by atoms with Crippen LogP contribution in [0.15, 0.2) is 60.7 Å². The van der Waals surface area contributed by atoms with Gasteiger partial charge in [0.15, 0.2) is 0 Å². The lowest BCUT2D eigenvalue weighted by atomic mass is 10.2. The van der Waals surface area contributed by atoms with Gasteiger partial charge in [-0.25, -0.2) is 0 Å². The van der Waals surface area contributed by atoms with Crippen molar-refractivity contribution in [3.05, 3.63) is 60.7 Å². The number of hydrogen-bond acceptors (Lipinski definition) is 0. The van der Waals surface area contributed by atoms with Gasteiger partial charge in [0.2, 0.25) is 0 Å². The van der Waals surface area contributed by atoms with Gasteiger partial charge in [-0.3, -0.25) is 0 Å². The quantitative estimate of drug-likeness (QED) is 0.563. The zero-order chi connectivity index (χ0) is 10.8. The monoisotopic (exact) mass is 208 g/mol. The topological polar surface area (TPSA) is 31.6 Å². The molecule has 0 saturated heterocycles. The maximum Gasteiger partial charge on any atom is 0.0612 e. The average Bonchev–Trinajstić information content (AvgIpc) is 2.32. The van der Waals surface area contributed by atoms with Gasteiger partial charge in [0.1, 0.15) is 0 Å². The minimum atomic E-state index is 1.09. The van der Waals surface area contributed by atoms with Crippen LogP contribution in [0.4, 0.5) is 0 Å². The van der Waals surface area contributed by atoms with Gasteiger partial charge < -0.3 is 10.2 Å². The third-order valence-corrected chi connectivity index (χ3v) is 2.70. The van der Waals surface area contributed by atoms with Crippen LogP contribution in [0.25, 0.3) is 21.8 Å². The highest BCUT2D eigenvalue weighted by molar-refractivity contribution is 5.82. The van der Waals surface area contributed by atoms with E-state index in [1.165, 1.54) is 10.8 Å². The molecule has 0 aliphatic heterocycles. The number of hydrogen-bond donors (Lipinski definition) is 2. The van der Waals surface area contributed by atoms with Gasteiger partial charge in [-0.2, -0.15) is 0 Å². The number of aromatic nitrogens is 2. The molecule has 0 aliphatic rings. The number of benzene rings is 2. The number of nitrogens with one attached hydrogen (secondary N) is 2. The first-order valence-electron chi connectivity index (χ1n) is 5.32. The number of para-hydroxylation sites is 2. The summed E-state index contributed by atoms with van der Waals surface area (Å²) in [5.74, 6) is 0. The van der Waals surface area contributed by atoms with Gasteiger partial charge in [0.25, 0.3) is 0 Å². The van der Waals surface area contributed by atoms with Crippen LogP contribution in [0.1, 0.15) is 0 Å². The second kappa shape index (κ2) is 3.74. The lowest BCUT2D eigenvalue weighted by molar-refractivity contribution is 1.13. The fourth-order valence-corrected chi connectivity index (χ4v) is 1.83. The molecule has 0 aliphatic carbocycles. The molecule has 1 aromatic heterocycles. The molecule has 0 amide bonds. The van der Waals surface area contributed by atoms with Crippen LogP contribution in [0, 0.1) is 0 Å². The van der Waals surface area contributed by atoms with Crippen LogP contribution in [0.3, 0.4) is 0 Å². The molecule has 2 nitrogen and oxygen atoms in total. The van der Waals surface area contributed by atoms with Crippen LogP contribution < -0.4 is 0 Å². The summed E-state index contributed by atoms with van der Waals surface area (Å²) in [5, 5.41) is 8.81. The summed E-state index contributed by atoms with van der Waals surface area (Å²) in [6, 6.07) is 20.7. The van der Waals surface area contributed by atoms with Crippen molar-refractivity contribution < 1.29 is 0 Å². The molecule has 0 unspecified atom stereocenters. The predicted molar refractivity (Wildman–Crippen MR) is 67.8 cm³/mol. The third kappa shape index (κ3) is 1.54. The Hall–Kier alpha value is -2.22. The van der Waals surface area contributed by atoms with Crippen molar-refractivity contribution in [3.63, 3.8) is 0 Å². The van der Waals surface area contributed by atoms with E-state index in [9.17, 15) is 0 Å². The van der Waals surface area contributed by atoms with E-state index in [-0.39, 0.29) is 0 Å². The Bertz CT molecular complexity index is 556. The SMILES string of the molecule is c1ccc2[nH][nH]c3ccccc3ccc2c1. The molecule has 3 rings (SSSR count). The van der Waals surface area contributed by atoms with Crippen molar-refractivity contribution in [2.24, 2.45) is 0 Å². The molecule has 0 atom stereocenters. The van der Waals surface area contributed by atoms with E-state index in [1.807, 2.05) is 24.3 Å². The number of aromatic amines is 2. The van der Waals surface area contributed by atoms with Crippen LogP contribution >= 0.6 is 0 Å². The Kier molecular flexibility index (Phi) is 2.11. The number of rotatable bonds is 0. The lowest BCUT2D eigenvalue weighted by Crippen LogP contribution is -1.81. The molecule has 78 valence electrons. The summed E-state index contributed by atoms with van der Waals surface area (Å²) in [7, 11) is 0. The van der Waals surface area contributed by atoms with Gasteiger partial charge >= 0.3 is 0 Å². The molecule has 0 bridgehead atoms. The summed E-state index contributed by atoms with van der Waals surface area (Å²) in [5.41, 5.74) is 2.18. The molecular formula is C14H12N2. The Balaban J connectivity index is 2.45. The smallest absolute Gasteiger partial charge is 0.0612 e. The van der Waals surface area contributed by atoms with Crippen molar-refractivity contribution in [1.29, 1.82) is 0 Å². The van der Waals surface area contributed by atoms with Gasteiger partial charge in [-0.15, -0.1) is 0 Å². The van der Waals surface area contributed by atoms with Crippen LogP contribution in [0.2, 0.25) is 0 Å². The zero-order valence-corrected chi connectivity index (χ0v) is 8.77. The molecule has 2 aromatic carbocycles. The first kappa shape index (κ1) is 9.04. The van der Waals surface area contributed by atoms with E-state index in [1.54, 1.807) is 0 Å². The maximum atomic E-state index is 3.22. The minimum absolute atomic E-state index is 1.09. The normalized spacial score (nSPS) is 10.5. The van der Waals surface area contributed by atoms with Crippen LogP contribution in [-0.2, 0) is 0 Å².